The maximum absolute atomic E-state index is 13.5. The molecule has 1 atom stereocenters. The van der Waals surface area contributed by atoms with Crippen molar-refractivity contribution in [3.8, 4) is 0 Å². The fourth-order valence-corrected chi connectivity index (χ4v) is 2.63. The molecule has 5 heteroatoms. The first-order chi connectivity index (χ1) is 11.4. The number of rotatable bonds is 6. The van der Waals surface area contributed by atoms with Gasteiger partial charge in [-0.05, 0) is 49.8 Å². The Balaban J connectivity index is 2.16. The van der Waals surface area contributed by atoms with Gasteiger partial charge in [0.15, 0.2) is 0 Å². The van der Waals surface area contributed by atoms with E-state index in [4.69, 9.17) is 0 Å². The molecule has 0 N–H and O–H groups in total. The Morgan fingerprint density at radius 3 is 2.50 bits per heavy atom. The van der Waals surface area contributed by atoms with E-state index in [1.807, 2.05) is 32.4 Å². The van der Waals surface area contributed by atoms with Gasteiger partial charge in [0.1, 0.15) is 11.9 Å². The van der Waals surface area contributed by atoms with E-state index in [-0.39, 0.29) is 11.7 Å². The van der Waals surface area contributed by atoms with E-state index in [1.165, 1.54) is 17.7 Å². The van der Waals surface area contributed by atoms with E-state index in [0.29, 0.717) is 12.1 Å². The minimum absolute atomic E-state index is 0.0908. The first-order valence-corrected chi connectivity index (χ1v) is 8.03. The number of aromatic nitrogens is 1. The fourth-order valence-electron chi connectivity index (χ4n) is 2.63. The average molecular weight is 329 g/mol. The van der Waals surface area contributed by atoms with Crippen molar-refractivity contribution in [3.05, 3.63) is 65.2 Å². The molecule has 0 aliphatic rings. The van der Waals surface area contributed by atoms with Crippen LogP contribution in [0.15, 0.2) is 42.6 Å². The van der Waals surface area contributed by atoms with Gasteiger partial charge in [0, 0.05) is 13.2 Å². The third-order valence-electron chi connectivity index (χ3n) is 3.98. The van der Waals surface area contributed by atoms with Crippen molar-refractivity contribution < 1.29 is 9.18 Å². The highest BCUT2D eigenvalue weighted by Crippen LogP contribution is 2.22. The molecule has 1 unspecified atom stereocenters. The second kappa shape index (κ2) is 8.02. The Kier molecular flexibility index (Phi) is 6.04. The van der Waals surface area contributed by atoms with Crippen LogP contribution in [0.5, 0.6) is 0 Å². The van der Waals surface area contributed by atoms with Crippen LogP contribution in [0, 0.1) is 5.82 Å². The smallest absolute Gasteiger partial charge is 0.244 e. The second-order valence-corrected chi connectivity index (χ2v) is 6.13. The van der Waals surface area contributed by atoms with Crippen LogP contribution in [-0.4, -0.2) is 41.8 Å². The number of amides is 1. The number of aryl methyl sites for hydroxylation is 1. The number of nitrogens with zero attached hydrogens (tertiary/aromatic N) is 3. The van der Waals surface area contributed by atoms with Crippen molar-refractivity contribution in [1.29, 1.82) is 0 Å². The number of benzene rings is 1. The Morgan fingerprint density at radius 1 is 1.21 bits per heavy atom. The number of halogens is 1. The summed E-state index contributed by atoms with van der Waals surface area (Å²) in [5, 5.41) is 0. The number of carbonyl (C=O) groups is 1. The maximum atomic E-state index is 13.5. The predicted molar refractivity (Wildman–Crippen MR) is 92.9 cm³/mol. The van der Waals surface area contributed by atoms with Crippen LogP contribution < -0.4 is 0 Å². The summed E-state index contributed by atoms with van der Waals surface area (Å²) in [5.41, 5.74) is 2.64. The molecule has 4 nitrogen and oxygen atoms in total. The maximum Gasteiger partial charge on any atom is 0.244 e. The number of hydrogen-bond acceptors (Lipinski definition) is 3. The number of hydrogen-bond donors (Lipinski definition) is 0. The number of pyridine rings is 1. The van der Waals surface area contributed by atoms with Crippen LogP contribution in [0.2, 0.25) is 0 Å². The summed E-state index contributed by atoms with van der Waals surface area (Å²) < 4.78 is 13.5. The molecule has 1 heterocycles. The summed E-state index contributed by atoms with van der Waals surface area (Å²) >= 11 is 0. The molecule has 2 rings (SSSR count). The molecular formula is C19H24FN3O. The molecule has 1 aromatic carbocycles. The third kappa shape index (κ3) is 4.38. The largest absolute Gasteiger partial charge is 0.338 e. The Bertz CT molecular complexity index is 685. The zero-order valence-corrected chi connectivity index (χ0v) is 14.7. The van der Waals surface area contributed by atoms with Crippen LogP contribution in [0.1, 0.15) is 29.8 Å². The van der Waals surface area contributed by atoms with E-state index in [0.717, 1.165) is 12.1 Å². The zero-order chi connectivity index (χ0) is 17.7. The van der Waals surface area contributed by atoms with Gasteiger partial charge in [-0.3, -0.25) is 14.7 Å². The SMILES string of the molecule is CCc1ccc(CN(C)C(=O)C(c2cccc(F)c2)N(C)C)nc1. The van der Waals surface area contributed by atoms with Gasteiger partial charge in [0.2, 0.25) is 5.91 Å². The molecule has 0 saturated carbocycles. The molecule has 0 radical (unpaired) electrons. The molecule has 1 aromatic heterocycles. The Labute approximate surface area is 142 Å². The normalized spacial score (nSPS) is 12.2. The molecule has 0 aliphatic carbocycles. The van der Waals surface area contributed by atoms with Crippen molar-refractivity contribution in [2.45, 2.75) is 25.9 Å². The monoisotopic (exact) mass is 329 g/mol. The van der Waals surface area contributed by atoms with Crippen molar-refractivity contribution in [2.75, 3.05) is 21.1 Å². The van der Waals surface area contributed by atoms with Crippen LogP contribution in [0.25, 0.3) is 0 Å². The standard InChI is InChI=1S/C19H24FN3O/c1-5-14-9-10-17(21-12-14)13-23(4)19(24)18(22(2)3)15-7-6-8-16(20)11-15/h6-12,18H,5,13H2,1-4H3. The van der Waals surface area contributed by atoms with E-state index in [9.17, 15) is 9.18 Å². The second-order valence-electron chi connectivity index (χ2n) is 6.13. The van der Waals surface area contributed by atoms with Crippen LogP contribution in [0.4, 0.5) is 4.39 Å². The lowest BCUT2D eigenvalue weighted by molar-refractivity contribution is -0.135. The predicted octanol–water partition coefficient (Wildman–Crippen LogP) is 3.04. The van der Waals surface area contributed by atoms with E-state index in [1.54, 1.807) is 29.0 Å². The number of carbonyl (C=O) groups excluding carboxylic acids is 1. The molecule has 0 bridgehead atoms. The molecular weight excluding hydrogens is 305 g/mol. The minimum atomic E-state index is -0.527. The summed E-state index contributed by atoms with van der Waals surface area (Å²) in [4.78, 5) is 20.7. The molecule has 24 heavy (non-hydrogen) atoms. The van der Waals surface area contributed by atoms with Gasteiger partial charge < -0.3 is 4.90 Å². The van der Waals surface area contributed by atoms with E-state index in [2.05, 4.69) is 11.9 Å². The van der Waals surface area contributed by atoms with Crippen molar-refractivity contribution >= 4 is 5.91 Å². The first-order valence-electron chi connectivity index (χ1n) is 8.03. The third-order valence-corrected chi connectivity index (χ3v) is 3.98. The highest BCUT2D eigenvalue weighted by atomic mass is 19.1. The van der Waals surface area contributed by atoms with Gasteiger partial charge in [-0.25, -0.2) is 4.39 Å². The molecule has 1 amide bonds. The lowest BCUT2D eigenvalue weighted by atomic mass is 10.0. The van der Waals surface area contributed by atoms with Crippen LogP contribution in [-0.2, 0) is 17.8 Å². The summed E-state index contributed by atoms with van der Waals surface area (Å²) in [5.74, 6) is -0.432. The fraction of sp³-hybridized carbons (Fsp3) is 0.368. The van der Waals surface area contributed by atoms with Crippen LogP contribution >= 0.6 is 0 Å². The van der Waals surface area contributed by atoms with Crippen molar-refractivity contribution in [2.24, 2.45) is 0 Å². The average Bonchev–Trinajstić information content (AvgIpc) is 2.55. The van der Waals surface area contributed by atoms with Gasteiger partial charge in [-0.15, -0.1) is 0 Å². The van der Waals surface area contributed by atoms with Crippen LogP contribution in [0.3, 0.4) is 0 Å². The molecule has 0 aliphatic heterocycles. The summed E-state index contributed by atoms with van der Waals surface area (Å²) in [6.45, 7) is 2.50. The van der Waals surface area contributed by atoms with Gasteiger partial charge in [0.25, 0.3) is 0 Å². The summed E-state index contributed by atoms with van der Waals surface area (Å²) in [6.07, 6.45) is 2.77. The van der Waals surface area contributed by atoms with Crippen molar-refractivity contribution in [1.82, 2.24) is 14.8 Å². The molecule has 0 fully saturated rings. The van der Waals surface area contributed by atoms with Gasteiger partial charge in [-0.1, -0.05) is 25.1 Å². The quantitative estimate of drug-likeness (QED) is 0.817. The van der Waals surface area contributed by atoms with Gasteiger partial charge in [0.05, 0.1) is 12.2 Å². The zero-order valence-electron chi connectivity index (χ0n) is 14.7. The van der Waals surface area contributed by atoms with E-state index < -0.39 is 6.04 Å². The molecule has 128 valence electrons. The lowest BCUT2D eigenvalue weighted by Crippen LogP contribution is -2.38. The Hall–Kier alpha value is -2.27. The van der Waals surface area contributed by atoms with Crippen molar-refractivity contribution in [3.63, 3.8) is 0 Å². The van der Waals surface area contributed by atoms with E-state index >= 15 is 0 Å². The molecule has 2 aromatic rings. The molecule has 0 spiro atoms. The highest BCUT2D eigenvalue weighted by molar-refractivity contribution is 5.83. The Morgan fingerprint density at radius 2 is 1.96 bits per heavy atom. The topological polar surface area (TPSA) is 36.4 Å². The first kappa shape index (κ1) is 18.1. The summed E-state index contributed by atoms with van der Waals surface area (Å²) in [7, 11) is 5.37. The van der Waals surface area contributed by atoms with Gasteiger partial charge >= 0.3 is 0 Å². The number of likely N-dealkylation sites (N-methyl/N-ethyl adjacent to an activating group) is 2. The minimum Gasteiger partial charge on any atom is -0.338 e. The van der Waals surface area contributed by atoms with Gasteiger partial charge in [-0.2, -0.15) is 0 Å². The molecule has 0 saturated heterocycles. The lowest BCUT2D eigenvalue weighted by Gasteiger charge is -2.28. The highest BCUT2D eigenvalue weighted by Gasteiger charge is 2.26. The summed E-state index contributed by atoms with van der Waals surface area (Å²) in [6, 6.07) is 9.62.